The number of anilines is 1. The molecule has 1 amide bonds. The molecular formula is C11H14BrClN4O. The van der Waals surface area contributed by atoms with Crippen molar-refractivity contribution in [2.75, 3.05) is 11.4 Å². The van der Waals surface area contributed by atoms with Crippen LogP contribution >= 0.6 is 27.5 Å². The molecule has 1 aromatic rings. The lowest BCUT2D eigenvalue weighted by Gasteiger charge is -2.38. The molecule has 2 atom stereocenters. The Hall–Kier alpha value is -0.880. The molecule has 2 rings (SSSR count). The van der Waals surface area contributed by atoms with Crippen molar-refractivity contribution < 1.29 is 4.79 Å². The molecule has 1 saturated heterocycles. The fourth-order valence-corrected chi connectivity index (χ4v) is 2.74. The minimum absolute atomic E-state index is 0.137. The quantitative estimate of drug-likeness (QED) is 0.840. The number of nitrogens with two attached hydrogens (primary N) is 1. The first-order valence-electron chi connectivity index (χ1n) is 5.72. The van der Waals surface area contributed by atoms with E-state index in [4.69, 9.17) is 17.3 Å². The maximum absolute atomic E-state index is 11.3. The van der Waals surface area contributed by atoms with Gasteiger partial charge >= 0.3 is 0 Å². The number of piperidine rings is 1. The van der Waals surface area contributed by atoms with Crippen molar-refractivity contribution in [3.05, 3.63) is 16.0 Å². The van der Waals surface area contributed by atoms with Gasteiger partial charge in [-0.15, -0.1) is 0 Å². The summed E-state index contributed by atoms with van der Waals surface area (Å²) in [7, 11) is 0. The number of carbonyl (C=O) groups is 1. The minimum atomic E-state index is -0.261. The van der Waals surface area contributed by atoms with Crippen molar-refractivity contribution >= 4 is 39.3 Å². The molecule has 1 aromatic heterocycles. The van der Waals surface area contributed by atoms with Crippen molar-refractivity contribution in [3.8, 4) is 0 Å². The Bertz CT molecular complexity index is 470. The van der Waals surface area contributed by atoms with E-state index in [0.29, 0.717) is 28.0 Å². The predicted octanol–water partition coefficient (Wildman–Crippen LogP) is 1.98. The molecule has 7 heteroatoms. The highest BCUT2D eigenvalue weighted by molar-refractivity contribution is 9.10. The van der Waals surface area contributed by atoms with Gasteiger partial charge in [0.1, 0.15) is 17.3 Å². The number of nitrogens with zero attached hydrogens (tertiary/aromatic N) is 3. The van der Waals surface area contributed by atoms with Crippen LogP contribution in [0.15, 0.2) is 10.8 Å². The zero-order valence-corrected chi connectivity index (χ0v) is 12.3. The molecule has 0 radical (unpaired) electrons. The molecule has 18 heavy (non-hydrogen) atoms. The molecule has 0 spiro atoms. The van der Waals surface area contributed by atoms with E-state index in [0.717, 1.165) is 12.8 Å². The fraction of sp³-hybridized carbons (Fsp3) is 0.545. The molecule has 1 fully saturated rings. The average Bonchev–Trinajstić information content (AvgIpc) is 2.33. The van der Waals surface area contributed by atoms with Crippen LogP contribution in [0.1, 0.15) is 19.8 Å². The SMILES string of the molecule is CC1CCC(C(N)=O)CN1c1ncnc(Cl)c1Br. The second-order valence-electron chi connectivity index (χ2n) is 4.48. The van der Waals surface area contributed by atoms with Gasteiger partial charge < -0.3 is 10.6 Å². The Morgan fingerprint density at radius 2 is 2.28 bits per heavy atom. The minimum Gasteiger partial charge on any atom is -0.369 e. The monoisotopic (exact) mass is 332 g/mol. The molecule has 2 heterocycles. The Labute approximate surface area is 119 Å². The van der Waals surface area contributed by atoms with E-state index in [-0.39, 0.29) is 11.8 Å². The van der Waals surface area contributed by atoms with Crippen molar-refractivity contribution in [3.63, 3.8) is 0 Å². The van der Waals surface area contributed by atoms with Crippen molar-refractivity contribution in [2.45, 2.75) is 25.8 Å². The van der Waals surface area contributed by atoms with Gasteiger partial charge in [0.15, 0.2) is 0 Å². The fourth-order valence-electron chi connectivity index (χ4n) is 2.17. The molecule has 0 bridgehead atoms. The van der Waals surface area contributed by atoms with Crippen LogP contribution in [-0.2, 0) is 4.79 Å². The van der Waals surface area contributed by atoms with Gasteiger partial charge in [-0.2, -0.15) is 0 Å². The predicted molar refractivity (Wildman–Crippen MR) is 73.5 cm³/mol. The summed E-state index contributed by atoms with van der Waals surface area (Å²) in [6.45, 7) is 2.67. The van der Waals surface area contributed by atoms with Crippen molar-refractivity contribution in [1.82, 2.24) is 9.97 Å². The van der Waals surface area contributed by atoms with Crippen LogP contribution in [0.3, 0.4) is 0 Å². The van der Waals surface area contributed by atoms with Gasteiger partial charge in [-0.05, 0) is 35.7 Å². The van der Waals surface area contributed by atoms with E-state index < -0.39 is 0 Å². The number of rotatable bonds is 2. The standard InChI is InChI=1S/C11H14BrClN4O/c1-6-2-3-7(10(14)18)4-17(6)11-8(12)9(13)15-5-16-11/h5-7H,2-4H2,1H3,(H2,14,18). The van der Waals surface area contributed by atoms with Gasteiger partial charge in [-0.25, -0.2) is 9.97 Å². The average molecular weight is 334 g/mol. The van der Waals surface area contributed by atoms with Gasteiger partial charge in [0.2, 0.25) is 5.91 Å². The lowest BCUT2D eigenvalue weighted by molar-refractivity contribution is -0.122. The summed E-state index contributed by atoms with van der Waals surface area (Å²) in [6, 6.07) is 0.294. The molecule has 1 aliphatic rings. The lowest BCUT2D eigenvalue weighted by Crippen LogP contribution is -2.46. The van der Waals surface area contributed by atoms with Crippen LogP contribution in [0, 0.1) is 5.92 Å². The number of carbonyl (C=O) groups excluding carboxylic acids is 1. The summed E-state index contributed by atoms with van der Waals surface area (Å²) in [6.07, 6.45) is 3.15. The lowest BCUT2D eigenvalue weighted by atomic mass is 9.93. The summed E-state index contributed by atoms with van der Waals surface area (Å²) in [5.41, 5.74) is 5.38. The van der Waals surface area contributed by atoms with E-state index in [1.165, 1.54) is 6.33 Å². The molecule has 98 valence electrons. The van der Waals surface area contributed by atoms with Crippen LogP contribution in [0.4, 0.5) is 5.82 Å². The highest BCUT2D eigenvalue weighted by atomic mass is 79.9. The summed E-state index contributed by atoms with van der Waals surface area (Å²) in [5.74, 6) is 0.318. The molecule has 5 nitrogen and oxygen atoms in total. The first-order valence-corrected chi connectivity index (χ1v) is 6.89. The second kappa shape index (κ2) is 5.40. The van der Waals surface area contributed by atoms with Crippen molar-refractivity contribution in [1.29, 1.82) is 0 Å². The van der Waals surface area contributed by atoms with E-state index in [1.54, 1.807) is 0 Å². The normalized spacial score (nSPS) is 24.1. The van der Waals surface area contributed by atoms with E-state index in [2.05, 4.69) is 37.7 Å². The Morgan fingerprint density at radius 3 is 2.94 bits per heavy atom. The first kappa shape index (κ1) is 13.5. The van der Waals surface area contributed by atoms with Gasteiger partial charge in [-0.3, -0.25) is 4.79 Å². The third kappa shape index (κ3) is 2.59. The summed E-state index contributed by atoms with van der Waals surface area (Å²) in [4.78, 5) is 21.5. The van der Waals surface area contributed by atoms with Gasteiger partial charge in [0, 0.05) is 12.6 Å². The van der Waals surface area contributed by atoms with E-state index in [9.17, 15) is 4.79 Å². The van der Waals surface area contributed by atoms with E-state index >= 15 is 0 Å². The second-order valence-corrected chi connectivity index (χ2v) is 5.63. The zero-order chi connectivity index (χ0) is 13.3. The third-order valence-corrected chi connectivity index (χ3v) is 4.53. The Kier molecular flexibility index (Phi) is 4.07. The molecule has 0 aromatic carbocycles. The molecule has 1 aliphatic heterocycles. The van der Waals surface area contributed by atoms with Crippen LogP contribution in [0.2, 0.25) is 5.15 Å². The van der Waals surface area contributed by atoms with Gasteiger partial charge in [0.05, 0.1) is 10.4 Å². The summed E-state index contributed by atoms with van der Waals surface area (Å²) < 4.78 is 0.656. The Balaban J connectivity index is 2.30. The number of amides is 1. The van der Waals surface area contributed by atoms with Crippen LogP contribution in [0.25, 0.3) is 0 Å². The number of hydrogen-bond acceptors (Lipinski definition) is 4. The van der Waals surface area contributed by atoms with Crippen LogP contribution < -0.4 is 10.6 Å². The van der Waals surface area contributed by atoms with Gasteiger partial charge in [-0.1, -0.05) is 11.6 Å². The van der Waals surface area contributed by atoms with Crippen LogP contribution in [0.5, 0.6) is 0 Å². The third-order valence-electron chi connectivity index (χ3n) is 3.29. The first-order chi connectivity index (χ1) is 8.50. The largest absolute Gasteiger partial charge is 0.369 e. The highest BCUT2D eigenvalue weighted by Gasteiger charge is 2.30. The topological polar surface area (TPSA) is 72.1 Å². The summed E-state index contributed by atoms with van der Waals surface area (Å²) >= 11 is 9.35. The molecule has 2 unspecified atom stereocenters. The molecule has 0 saturated carbocycles. The Morgan fingerprint density at radius 1 is 1.56 bits per heavy atom. The molecule has 2 N–H and O–H groups in total. The number of primary amides is 1. The highest BCUT2D eigenvalue weighted by Crippen LogP contribution is 2.34. The summed E-state index contributed by atoms with van der Waals surface area (Å²) in [5, 5.41) is 0.369. The maximum Gasteiger partial charge on any atom is 0.222 e. The number of aromatic nitrogens is 2. The van der Waals surface area contributed by atoms with E-state index in [1.807, 2.05) is 0 Å². The number of halogens is 2. The zero-order valence-electron chi connectivity index (χ0n) is 9.94. The maximum atomic E-state index is 11.3. The molecular weight excluding hydrogens is 320 g/mol. The van der Waals surface area contributed by atoms with Crippen LogP contribution in [-0.4, -0.2) is 28.5 Å². The van der Waals surface area contributed by atoms with Crippen molar-refractivity contribution in [2.24, 2.45) is 11.7 Å². The number of hydrogen-bond donors (Lipinski definition) is 1. The smallest absolute Gasteiger partial charge is 0.222 e. The molecule has 0 aliphatic carbocycles. The van der Waals surface area contributed by atoms with Gasteiger partial charge in [0.25, 0.3) is 0 Å².